The lowest BCUT2D eigenvalue weighted by Crippen LogP contribution is -1.94. The summed E-state index contributed by atoms with van der Waals surface area (Å²) in [5, 5.41) is 3.25. The van der Waals surface area contributed by atoms with Crippen molar-refractivity contribution >= 4 is 43.4 Å². The van der Waals surface area contributed by atoms with Gasteiger partial charge in [0.05, 0.1) is 5.69 Å². The number of aryl methyl sites for hydroxylation is 1. The molecule has 2 rings (SSSR count). The molecule has 1 N–H and O–H groups in total. The topological polar surface area (TPSA) is 24.9 Å². The Labute approximate surface area is 111 Å². The van der Waals surface area contributed by atoms with E-state index in [4.69, 9.17) is 0 Å². The molecule has 0 fully saturated rings. The molecule has 2 nitrogen and oxygen atoms in total. The molecule has 0 amide bonds. The summed E-state index contributed by atoms with van der Waals surface area (Å²) in [4.78, 5) is 4.32. The summed E-state index contributed by atoms with van der Waals surface area (Å²) in [5.41, 5.74) is 2.23. The van der Waals surface area contributed by atoms with Crippen molar-refractivity contribution < 1.29 is 0 Å². The Balaban J connectivity index is 2.27. The fourth-order valence-corrected chi connectivity index (χ4v) is 2.27. The van der Waals surface area contributed by atoms with Crippen LogP contribution in [0.3, 0.4) is 0 Å². The van der Waals surface area contributed by atoms with E-state index in [0.29, 0.717) is 0 Å². The molecule has 0 atom stereocenters. The maximum Gasteiger partial charge on any atom is 0.131 e. The van der Waals surface area contributed by atoms with Crippen molar-refractivity contribution in [1.82, 2.24) is 4.98 Å². The molecule has 1 aromatic carbocycles. The van der Waals surface area contributed by atoms with Gasteiger partial charge in [-0.1, -0.05) is 12.1 Å². The number of pyridine rings is 1. The summed E-state index contributed by atoms with van der Waals surface area (Å²) in [6.45, 7) is 2.06. The molecule has 1 heterocycles. The van der Waals surface area contributed by atoms with Gasteiger partial charge >= 0.3 is 0 Å². The molecule has 4 heteroatoms. The van der Waals surface area contributed by atoms with Gasteiger partial charge in [0.2, 0.25) is 0 Å². The first-order valence-corrected chi connectivity index (χ1v) is 6.39. The molecule has 0 aliphatic rings. The molecule has 0 aliphatic carbocycles. The number of anilines is 2. The van der Waals surface area contributed by atoms with Gasteiger partial charge < -0.3 is 5.32 Å². The minimum absolute atomic E-state index is 0.818. The summed E-state index contributed by atoms with van der Waals surface area (Å²) >= 11 is 6.86. The Morgan fingerprint density at radius 3 is 2.62 bits per heavy atom. The summed E-state index contributed by atoms with van der Waals surface area (Å²) in [7, 11) is 0. The zero-order chi connectivity index (χ0) is 11.5. The molecule has 82 valence electrons. The minimum Gasteiger partial charge on any atom is -0.339 e. The zero-order valence-electron chi connectivity index (χ0n) is 8.67. The lowest BCUT2D eigenvalue weighted by Gasteiger charge is -2.08. The van der Waals surface area contributed by atoms with Crippen LogP contribution in [0.15, 0.2) is 45.5 Å². The Bertz CT molecular complexity index is 512. The Morgan fingerprint density at radius 1 is 1.12 bits per heavy atom. The second-order valence-corrected chi connectivity index (χ2v) is 5.12. The third kappa shape index (κ3) is 2.83. The van der Waals surface area contributed by atoms with Crippen LogP contribution in [0.2, 0.25) is 0 Å². The van der Waals surface area contributed by atoms with E-state index in [1.165, 1.54) is 5.56 Å². The molecule has 0 bridgehead atoms. The second-order valence-electron chi connectivity index (χ2n) is 3.45. The summed E-state index contributed by atoms with van der Waals surface area (Å²) < 4.78 is 1.86. The van der Waals surface area contributed by atoms with Gasteiger partial charge in [-0.15, -0.1) is 0 Å². The number of aromatic nitrogens is 1. The third-order valence-corrected chi connectivity index (χ3v) is 3.20. The number of halogens is 2. The van der Waals surface area contributed by atoms with Crippen LogP contribution in [0.1, 0.15) is 5.56 Å². The maximum atomic E-state index is 4.32. The normalized spacial score (nSPS) is 10.2. The largest absolute Gasteiger partial charge is 0.339 e. The number of nitrogens with one attached hydrogen (secondary N) is 1. The first-order chi connectivity index (χ1) is 7.65. The highest BCUT2D eigenvalue weighted by Crippen LogP contribution is 2.26. The highest BCUT2D eigenvalue weighted by Gasteiger charge is 2.01. The number of nitrogens with zero attached hydrogens (tertiary/aromatic N) is 1. The van der Waals surface area contributed by atoms with Crippen LogP contribution in [0.4, 0.5) is 11.5 Å². The summed E-state index contributed by atoms with van der Waals surface area (Å²) in [6, 6.07) is 11.9. The fourth-order valence-electron chi connectivity index (χ4n) is 1.34. The molecule has 0 radical (unpaired) electrons. The number of benzene rings is 1. The number of rotatable bonds is 2. The van der Waals surface area contributed by atoms with Crippen LogP contribution < -0.4 is 5.32 Å². The molecule has 0 unspecified atom stereocenters. The van der Waals surface area contributed by atoms with E-state index < -0.39 is 0 Å². The van der Waals surface area contributed by atoms with Gasteiger partial charge in [-0.25, -0.2) is 4.98 Å². The average molecular weight is 342 g/mol. The smallest absolute Gasteiger partial charge is 0.131 e. The molecule has 16 heavy (non-hydrogen) atoms. The first kappa shape index (κ1) is 11.6. The first-order valence-electron chi connectivity index (χ1n) is 4.81. The Morgan fingerprint density at radius 2 is 1.94 bits per heavy atom. The van der Waals surface area contributed by atoms with Gasteiger partial charge in [0.15, 0.2) is 0 Å². The van der Waals surface area contributed by atoms with Gasteiger partial charge in [-0.05, 0) is 68.6 Å². The maximum absolute atomic E-state index is 4.32. The van der Waals surface area contributed by atoms with E-state index in [1.807, 2.05) is 24.3 Å². The molecule has 0 spiro atoms. The third-order valence-electron chi connectivity index (χ3n) is 2.10. The standard InChI is InChI=1S/C12H10Br2N2/c1-8-5-6-10(9(13)7-8)15-12-4-2-3-11(14)16-12/h2-7H,1H3,(H,15,16). The molecular formula is C12H10Br2N2. The van der Waals surface area contributed by atoms with Crippen LogP contribution in [-0.2, 0) is 0 Å². The van der Waals surface area contributed by atoms with Crippen molar-refractivity contribution in [1.29, 1.82) is 0 Å². The van der Waals surface area contributed by atoms with Crippen molar-refractivity contribution in [2.45, 2.75) is 6.92 Å². The molecule has 1 aromatic heterocycles. The fraction of sp³-hybridized carbons (Fsp3) is 0.0833. The Hall–Kier alpha value is -0.870. The van der Waals surface area contributed by atoms with E-state index in [1.54, 1.807) is 0 Å². The van der Waals surface area contributed by atoms with E-state index in [9.17, 15) is 0 Å². The van der Waals surface area contributed by atoms with Crippen LogP contribution in [-0.4, -0.2) is 4.98 Å². The SMILES string of the molecule is Cc1ccc(Nc2cccc(Br)n2)c(Br)c1. The molecule has 0 saturated heterocycles. The quantitative estimate of drug-likeness (QED) is 0.803. The lowest BCUT2D eigenvalue weighted by atomic mass is 10.2. The minimum atomic E-state index is 0.818. The number of hydrogen-bond acceptors (Lipinski definition) is 2. The van der Waals surface area contributed by atoms with Gasteiger partial charge in [-0.3, -0.25) is 0 Å². The second kappa shape index (κ2) is 4.97. The van der Waals surface area contributed by atoms with Gasteiger partial charge in [0.1, 0.15) is 10.4 Å². The summed E-state index contributed by atoms with van der Waals surface area (Å²) in [5.74, 6) is 0.818. The van der Waals surface area contributed by atoms with Gasteiger partial charge in [0, 0.05) is 4.47 Å². The van der Waals surface area contributed by atoms with E-state index in [0.717, 1.165) is 20.6 Å². The molecule has 0 aliphatic heterocycles. The van der Waals surface area contributed by atoms with Crippen molar-refractivity contribution in [3.63, 3.8) is 0 Å². The van der Waals surface area contributed by atoms with Crippen LogP contribution >= 0.6 is 31.9 Å². The number of hydrogen-bond donors (Lipinski definition) is 1. The van der Waals surface area contributed by atoms with Crippen molar-refractivity contribution in [2.75, 3.05) is 5.32 Å². The highest BCUT2D eigenvalue weighted by molar-refractivity contribution is 9.10. The highest BCUT2D eigenvalue weighted by atomic mass is 79.9. The van der Waals surface area contributed by atoms with Crippen LogP contribution in [0.25, 0.3) is 0 Å². The predicted molar refractivity (Wildman–Crippen MR) is 74.1 cm³/mol. The average Bonchev–Trinajstić information content (AvgIpc) is 2.22. The molecular weight excluding hydrogens is 332 g/mol. The van der Waals surface area contributed by atoms with Crippen molar-refractivity contribution in [3.05, 3.63) is 51.0 Å². The van der Waals surface area contributed by atoms with Crippen LogP contribution in [0.5, 0.6) is 0 Å². The Kier molecular flexibility index (Phi) is 3.61. The summed E-state index contributed by atoms with van der Waals surface area (Å²) in [6.07, 6.45) is 0. The molecule has 2 aromatic rings. The lowest BCUT2D eigenvalue weighted by molar-refractivity contribution is 1.26. The predicted octanol–water partition coefficient (Wildman–Crippen LogP) is 4.66. The zero-order valence-corrected chi connectivity index (χ0v) is 11.8. The van der Waals surface area contributed by atoms with E-state index >= 15 is 0 Å². The van der Waals surface area contributed by atoms with Crippen LogP contribution in [0, 0.1) is 6.92 Å². The van der Waals surface area contributed by atoms with E-state index in [2.05, 4.69) is 61.2 Å². The van der Waals surface area contributed by atoms with Crippen molar-refractivity contribution in [3.8, 4) is 0 Å². The van der Waals surface area contributed by atoms with Crippen molar-refractivity contribution in [2.24, 2.45) is 0 Å². The van der Waals surface area contributed by atoms with Gasteiger partial charge in [-0.2, -0.15) is 0 Å². The molecule has 0 saturated carbocycles. The van der Waals surface area contributed by atoms with E-state index in [-0.39, 0.29) is 0 Å². The monoisotopic (exact) mass is 340 g/mol. The van der Waals surface area contributed by atoms with Gasteiger partial charge in [0.25, 0.3) is 0 Å².